The molecule has 0 radical (unpaired) electrons. The van der Waals surface area contributed by atoms with Crippen LogP contribution in [0.3, 0.4) is 0 Å². The minimum atomic E-state index is -0.733. The summed E-state index contributed by atoms with van der Waals surface area (Å²) in [6.07, 6.45) is 8.56. The molecule has 2 aromatic carbocycles. The Hall–Kier alpha value is -4.60. The van der Waals surface area contributed by atoms with E-state index >= 15 is 0 Å². The number of carbonyl (C=O) groups excluding carboxylic acids is 4. The fourth-order valence-corrected chi connectivity index (χ4v) is 3.61. The summed E-state index contributed by atoms with van der Waals surface area (Å²) in [5.41, 5.74) is 0.172. The first-order valence-corrected chi connectivity index (χ1v) is 13.9. The lowest BCUT2D eigenvalue weighted by Gasteiger charge is -2.10. The Bertz CT molecular complexity index is 1190. The number of phenolic OH excluding ortho intramolecular Hbond substituents is 1. The van der Waals surface area contributed by atoms with E-state index in [-0.39, 0.29) is 29.2 Å². The van der Waals surface area contributed by atoms with Crippen molar-refractivity contribution in [3.05, 3.63) is 78.9 Å². The molecule has 42 heavy (non-hydrogen) atoms. The van der Waals surface area contributed by atoms with E-state index in [0.29, 0.717) is 38.4 Å². The minimum Gasteiger partial charge on any atom is -0.507 e. The number of benzene rings is 2. The van der Waals surface area contributed by atoms with Crippen molar-refractivity contribution in [2.24, 2.45) is 0 Å². The van der Waals surface area contributed by atoms with Crippen LogP contribution in [-0.4, -0.2) is 55.4 Å². The molecular formula is C32H38O10. The molecule has 0 fully saturated rings. The van der Waals surface area contributed by atoms with Crippen LogP contribution < -0.4 is 9.47 Å². The average Bonchev–Trinajstić information content (AvgIpc) is 3.00. The maximum absolute atomic E-state index is 12.6. The molecule has 10 heteroatoms. The van der Waals surface area contributed by atoms with Crippen LogP contribution in [-0.2, 0) is 23.8 Å². The van der Waals surface area contributed by atoms with Crippen LogP contribution in [0, 0.1) is 0 Å². The van der Waals surface area contributed by atoms with Gasteiger partial charge in [0, 0.05) is 12.2 Å². The van der Waals surface area contributed by atoms with Crippen molar-refractivity contribution in [2.45, 2.75) is 51.4 Å². The van der Waals surface area contributed by atoms with Crippen LogP contribution in [0.2, 0.25) is 0 Å². The SMILES string of the molecule is C=CC(=O)OCCCCCCOC(=O)c1cc(OC(=O)c2ccc(OCCCCCCOC(=O)C=C)cc2)ccc1O. The minimum absolute atomic E-state index is 0.0819. The summed E-state index contributed by atoms with van der Waals surface area (Å²) in [7, 11) is 0. The van der Waals surface area contributed by atoms with Gasteiger partial charge in [0.2, 0.25) is 0 Å². The molecule has 0 aliphatic carbocycles. The van der Waals surface area contributed by atoms with Crippen molar-refractivity contribution in [3.63, 3.8) is 0 Å². The Morgan fingerprint density at radius 3 is 1.67 bits per heavy atom. The van der Waals surface area contributed by atoms with E-state index in [9.17, 15) is 24.3 Å². The fraction of sp³-hybridized carbons (Fsp3) is 0.375. The zero-order valence-electron chi connectivity index (χ0n) is 23.7. The maximum atomic E-state index is 12.6. The predicted molar refractivity (Wildman–Crippen MR) is 155 cm³/mol. The van der Waals surface area contributed by atoms with E-state index in [0.717, 1.165) is 50.7 Å². The molecule has 0 spiro atoms. The highest BCUT2D eigenvalue weighted by molar-refractivity contribution is 5.94. The first-order chi connectivity index (χ1) is 20.3. The van der Waals surface area contributed by atoms with Gasteiger partial charge in [0.1, 0.15) is 22.8 Å². The van der Waals surface area contributed by atoms with Crippen molar-refractivity contribution in [3.8, 4) is 17.2 Å². The molecule has 0 amide bonds. The van der Waals surface area contributed by atoms with E-state index in [1.807, 2.05) is 0 Å². The molecule has 2 aromatic rings. The van der Waals surface area contributed by atoms with Crippen LogP contribution in [0.4, 0.5) is 0 Å². The van der Waals surface area contributed by atoms with Gasteiger partial charge in [0.15, 0.2) is 0 Å². The molecule has 0 aliphatic heterocycles. The summed E-state index contributed by atoms with van der Waals surface area (Å²) >= 11 is 0. The number of rotatable bonds is 20. The van der Waals surface area contributed by atoms with Gasteiger partial charge in [0.05, 0.1) is 32.0 Å². The first kappa shape index (κ1) is 33.6. The molecule has 0 saturated carbocycles. The second kappa shape index (κ2) is 19.5. The van der Waals surface area contributed by atoms with Crippen LogP contribution in [0.1, 0.15) is 72.1 Å². The molecular weight excluding hydrogens is 544 g/mol. The van der Waals surface area contributed by atoms with Gasteiger partial charge in [0.25, 0.3) is 0 Å². The van der Waals surface area contributed by atoms with Gasteiger partial charge in [-0.15, -0.1) is 0 Å². The number of phenols is 1. The number of unbranched alkanes of at least 4 members (excludes halogenated alkanes) is 6. The van der Waals surface area contributed by atoms with Gasteiger partial charge >= 0.3 is 23.9 Å². The Kier molecular flexibility index (Phi) is 15.6. The van der Waals surface area contributed by atoms with Crippen LogP contribution in [0.25, 0.3) is 0 Å². The highest BCUT2D eigenvalue weighted by Crippen LogP contribution is 2.25. The lowest BCUT2D eigenvalue weighted by atomic mass is 10.2. The molecule has 0 aromatic heterocycles. The number of hydrogen-bond donors (Lipinski definition) is 1. The van der Waals surface area contributed by atoms with Gasteiger partial charge in [-0.2, -0.15) is 0 Å². The largest absolute Gasteiger partial charge is 0.507 e. The summed E-state index contributed by atoms with van der Waals surface area (Å²) < 4.78 is 26.1. The van der Waals surface area contributed by atoms with E-state index in [1.54, 1.807) is 24.3 Å². The Balaban J connectivity index is 1.71. The number of esters is 4. The molecule has 0 unspecified atom stereocenters. The predicted octanol–water partition coefficient (Wildman–Crippen LogP) is 5.73. The third-order valence-electron chi connectivity index (χ3n) is 5.89. The lowest BCUT2D eigenvalue weighted by molar-refractivity contribution is -0.138. The highest BCUT2D eigenvalue weighted by atomic mass is 16.5. The van der Waals surface area contributed by atoms with Crippen molar-refractivity contribution >= 4 is 23.9 Å². The summed E-state index contributed by atoms with van der Waals surface area (Å²) in [6.45, 7) is 8.01. The summed E-state index contributed by atoms with van der Waals surface area (Å²) in [5.74, 6) is -1.84. The molecule has 0 saturated heterocycles. The van der Waals surface area contributed by atoms with E-state index < -0.39 is 23.9 Å². The molecule has 0 heterocycles. The van der Waals surface area contributed by atoms with Crippen molar-refractivity contribution in [1.82, 2.24) is 0 Å². The van der Waals surface area contributed by atoms with E-state index in [2.05, 4.69) is 13.2 Å². The number of carbonyl (C=O) groups is 4. The average molecular weight is 583 g/mol. The monoisotopic (exact) mass is 582 g/mol. The quantitative estimate of drug-likeness (QED) is 0.0678. The highest BCUT2D eigenvalue weighted by Gasteiger charge is 2.16. The Labute approximate surface area is 245 Å². The summed E-state index contributed by atoms with van der Waals surface area (Å²) in [4.78, 5) is 47.0. The topological polar surface area (TPSA) is 135 Å². The maximum Gasteiger partial charge on any atom is 0.343 e. The number of aromatic hydroxyl groups is 1. The molecule has 0 bridgehead atoms. The number of hydrogen-bond acceptors (Lipinski definition) is 10. The molecule has 1 N–H and O–H groups in total. The Morgan fingerprint density at radius 2 is 1.12 bits per heavy atom. The molecule has 226 valence electrons. The third-order valence-corrected chi connectivity index (χ3v) is 5.89. The molecule has 0 aliphatic rings. The summed E-state index contributed by atoms with van der Waals surface area (Å²) in [6, 6.07) is 10.4. The molecule has 10 nitrogen and oxygen atoms in total. The van der Waals surface area contributed by atoms with Crippen LogP contribution in [0.5, 0.6) is 17.2 Å². The van der Waals surface area contributed by atoms with E-state index in [1.165, 1.54) is 18.2 Å². The second-order valence-electron chi connectivity index (χ2n) is 9.15. The zero-order valence-corrected chi connectivity index (χ0v) is 23.7. The lowest BCUT2D eigenvalue weighted by Crippen LogP contribution is -2.10. The summed E-state index contributed by atoms with van der Waals surface area (Å²) in [5, 5.41) is 10.1. The van der Waals surface area contributed by atoms with Crippen molar-refractivity contribution < 1.29 is 48.0 Å². The van der Waals surface area contributed by atoms with Crippen LogP contribution >= 0.6 is 0 Å². The van der Waals surface area contributed by atoms with Gasteiger partial charge in [-0.3, -0.25) is 0 Å². The second-order valence-corrected chi connectivity index (χ2v) is 9.15. The number of ether oxygens (including phenoxy) is 5. The van der Waals surface area contributed by atoms with Gasteiger partial charge in [-0.25, -0.2) is 19.2 Å². The third kappa shape index (κ3) is 13.2. The van der Waals surface area contributed by atoms with E-state index in [4.69, 9.17) is 23.7 Å². The normalized spacial score (nSPS) is 10.3. The van der Waals surface area contributed by atoms with Crippen molar-refractivity contribution in [2.75, 3.05) is 26.4 Å². The van der Waals surface area contributed by atoms with Crippen LogP contribution in [0.15, 0.2) is 67.8 Å². The first-order valence-electron chi connectivity index (χ1n) is 13.9. The Morgan fingerprint density at radius 1 is 0.619 bits per heavy atom. The zero-order chi connectivity index (χ0) is 30.6. The fourth-order valence-electron chi connectivity index (χ4n) is 3.61. The standard InChI is InChI=1S/C32H38O10/c1-3-29(34)39-20-10-6-5-9-19-38-25-15-13-24(14-16-25)31(36)42-26-17-18-28(33)27(23-26)32(37)41-22-12-8-7-11-21-40-30(35)4-2/h3-4,13-18,23,33H,1-2,5-12,19-22H2. The molecule has 0 atom stereocenters. The van der Waals surface area contributed by atoms with Crippen molar-refractivity contribution in [1.29, 1.82) is 0 Å². The van der Waals surface area contributed by atoms with Gasteiger partial charge in [-0.05, 0) is 93.8 Å². The van der Waals surface area contributed by atoms with Gasteiger partial charge in [-0.1, -0.05) is 13.2 Å². The smallest absolute Gasteiger partial charge is 0.343 e. The van der Waals surface area contributed by atoms with Gasteiger partial charge < -0.3 is 28.8 Å². The molecule has 2 rings (SSSR count).